The first-order valence-corrected chi connectivity index (χ1v) is 18.5. The van der Waals surface area contributed by atoms with Crippen LogP contribution in [0, 0.1) is 13.8 Å². The molecule has 0 spiro atoms. The Hall–Kier alpha value is -4.33. The van der Waals surface area contributed by atoms with Gasteiger partial charge in [0.05, 0.1) is 18.8 Å². The summed E-state index contributed by atoms with van der Waals surface area (Å²) >= 11 is 6.24. The van der Waals surface area contributed by atoms with Crippen LogP contribution in [0.5, 0.6) is 5.75 Å². The summed E-state index contributed by atoms with van der Waals surface area (Å²) < 4.78 is 58.8. The van der Waals surface area contributed by atoms with Crippen LogP contribution in [0.3, 0.4) is 0 Å². The Morgan fingerprint density at radius 1 is 0.913 bits per heavy atom. The van der Waals surface area contributed by atoms with E-state index >= 15 is 0 Å². The standard InChI is InChI=1S/C32H33ClN4O7S2/c1-20-16-23(17-21(2)30(20)33)44-14-7-10-26-25-9-4-6-12-28(25)36-31(26)32(39)37-46(42,43)45(40,41)15-13-34-29(38)18-22-19-35-27-11-5-3-8-24(22)27/h3-6,8-9,11-12,16-17,19,35-36H,7,10,13-15,18H2,1-2H3,(H,34,38)(H,37,39). The van der Waals surface area contributed by atoms with Gasteiger partial charge in [-0.05, 0) is 73.2 Å². The van der Waals surface area contributed by atoms with Crippen LogP contribution in [-0.4, -0.2) is 57.5 Å². The SMILES string of the molecule is Cc1cc(OCCCc2c(C(=O)NS(=O)(=O)S(=O)(=O)CCNC(=O)Cc3c[nH]c4ccccc34)[nH]c3ccccc23)cc(C)c1Cl. The first kappa shape index (κ1) is 33.0. The molecule has 0 saturated carbocycles. The second-order valence-corrected chi connectivity index (χ2v) is 16.7. The van der Waals surface area contributed by atoms with Crippen molar-refractivity contribution in [2.45, 2.75) is 33.1 Å². The molecule has 0 unspecified atom stereocenters. The number of hydrogen-bond donors (Lipinski definition) is 4. The highest BCUT2D eigenvalue weighted by Crippen LogP contribution is 2.27. The van der Waals surface area contributed by atoms with Crippen molar-refractivity contribution in [1.29, 1.82) is 0 Å². The van der Waals surface area contributed by atoms with Crippen LogP contribution < -0.4 is 14.8 Å². The highest BCUT2D eigenvalue weighted by Gasteiger charge is 2.33. The number of carbonyl (C=O) groups is 2. The van der Waals surface area contributed by atoms with E-state index in [0.29, 0.717) is 52.3 Å². The molecule has 5 aromatic rings. The molecule has 2 heterocycles. The van der Waals surface area contributed by atoms with Crippen molar-refractivity contribution < 1.29 is 31.2 Å². The summed E-state index contributed by atoms with van der Waals surface area (Å²) in [5, 5.41) is 4.66. The molecule has 3 aromatic carbocycles. The monoisotopic (exact) mass is 684 g/mol. The van der Waals surface area contributed by atoms with Crippen LogP contribution in [0.1, 0.15) is 39.2 Å². The fourth-order valence-corrected chi connectivity index (χ4v) is 7.90. The fraction of sp³-hybridized carbons (Fsp3) is 0.250. The van der Waals surface area contributed by atoms with Gasteiger partial charge < -0.3 is 20.0 Å². The quantitative estimate of drug-likeness (QED) is 0.103. The molecule has 0 aliphatic heterocycles. The average molecular weight is 685 g/mol. The fourth-order valence-electron chi connectivity index (χ4n) is 5.25. The molecule has 242 valence electrons. The lowest BCUT2D eigenvalue weighted by Gasteiger charge is -2.11. The van der Waals surface area contributed by atoms with Crippen molar-refractivity contribution in [3.05, 3.63) is 99.8 Å². The maximum absolute atomic E-state index is 13.2. The summed E-state index contributed by atoms with van der Waals surface area (Å²) in [6.07, 6.45) is 2.48. The number of hydrogen-bond acceptors (Lipinski definition) is 7. The third kappa shape index (κ3) is 7.22. The van der Waals surface area contributed by atoms with Crippen molar-refractivity contribution in [1.82, 2.24) is 20.0 Å². The number of aryl methyl sites for hydroxylation is 3. The molecule has 2 amide bonds. The van der Waals surface area contributed by atoms with Crippen molar-refractivity contribution in [3.8, 4) is 5.75 Å². The van der Waals surface area contributed by atoms with Gasteiger partial charge in [-0.2, -0.15) is 8.42 Å². The lowest BCUT2D eigenvalue weighted by Crippen LogP contribution is -2.40. The predicted octanol–water partition coefficient (Wildman–Crippen LogP) is 4.68. The molecule has 5 rings (SSSR count). The van der Waals surface area contributed by atoms with E-state index in [1.807, 2.05) is 50.2 Å². The van der Waals surface area contributed by atoms with Crippen molar-refractivity contribution in [2.75, 3.05) is 18.9 Å². The third-order valence-electron chi connectivity index (χ3n) is 7.54. The summed E-state index contributed by atoms with van der Waals surface area (Å²) in [6, 6.07) is 18.1. The molecule has 0 saturated heterocycles. The summed E-state index contributed by atoms with van der Waals surface area (Å²) in [5.74, 6) is -1.85. The smallest absolute Gasteiger partial charge is 0.341 e. The molecule has 0 bridgehead atoms. The normalized spacial score (nSPS) is 12.0. The van der Waals surface area contributed by atoms with Gasteiger partial charge in [0.2, 0.25) is 5.91 Å². The number of halogens is 1. The highest BCUT2D eigenvalue weighted by atomic mass is 35.5. The van der Waals surface area contributed by atoms with Crippen LogP contribution >= 0.6 is 11.6 Å². The Labute approximate surface area is 271 Å². The Morgan fingerprint density at radius 3 is 2.28 bits per heavy atom. The van der Waals surface area contributed by atoms with Gasteiger partial charge in [0.25, 0.3) is 14.8 Å². The summed E-state index contributed by atoms with van der Waals surface area (Å²) in [4.78, 5) is 31.7. The van der Waals surface area contributed by atoms with Crippen LogP contribution in [0.2, 0.25) is 5.02 Å². The van der Waals surface area contributed by atoms with E-state index in [2.05, 4.69) is 15.3 Å². The van der Waals surface area contributed by atoms with Crippen molar-refractivity contribution >= 4 is 63.1 Å². The zero-order valence-corrected chi connectivity index (χ0v) is 27.5. The number of H-pyrrole nitrogens is 2. The van der Waals surface area contributed by atoms with Gasteiger partial charge in [-0.1, -0.05) is 48.0 Å². The maximum atomic E-state index is 13.2. The molecule has 0 radical (unpaired) electrons. The van der Waals surface area contributed by atoms with E-state index in [-0.39, 0.29) is 12.1 Å². The van der Waals surface area contributed by atoms with E-state index < -0.39 is 42.0 Å². The van der Waals surface area contributed by atoms with Crippen LogP contribution in [-0.2, 0) is 35.6 Å². The van der Waals surface area contributed by atoms with Crippen molar-refractivity contribution in [2.24, 2.45) is 0 Å². The first-order valence-electron chi connectivity index (χ1n) is 14.5. The second-order valence-electron chi connectivity index (χ2n) is 10.9. The number of nitrogens with one attached hydrogen (secondary N) is 4. The molecule has 14 heteroatoms. The minimum Gasteiger partial charge on any atom is -0.494 e. The Morgan fingerprint density at radius 2 is 1.57 bits per heavy atom. The maximum Gasteiger partial charge on any atom is 0.341 e. The zero-order chi connectivity index (χ0) is 33.1. The van der Waals surface area contributed by atoms with Gasteiger partial charge in [-0.3, -0.25) is 9.59 Å². The molecule has 4 N–H and O–H groups in total. The van der Waals surface area contributed by atoms with Gasteiger partial charge in [-0.25, -0.2) is 13.1 Å². The summed E-state index contributed by atoms with van der Waals surface area (Å²) in [7, 11) is -10.0. The van der Waals surface area contributed by atoms with Crippen LogP contribution in [0.4, 0.5) is 0 Å². The molecular formula is C32H33ClN4O7S2. The lowest BCUT2D eigenvalue weighted by atomic mass is 10.1. The Bertz CT molecular complexity index is 2130. The molecule has 46 heavy (non-hydrogen) atoms. The molecular weight excluding hydrogens is 652 g/mol. The number of fused-ring (bicyclic) bond motifs is 2. The number of ether oxygens (including phenoxy) is 1. The van der Waals surface area contributed by atoms with E-state index in [1.165, 1.54) is 0 Å². The zero-order valence-electron chi connectivity index (χ0n) is 25.1. The van der Waals surface area contributed by atoms with Gasteiger partial charge in [0.15, 0.2) is 0 Å². The molecule has 0 aliphatic rings. The molecule has 11 nitrogen and oxygen atoms in total. The number of amides is 2. The molecule has 2 aromatic heterocycles. The van der Waals surface area contributed by atoms with Crippen LogP contribution in [0.15, 0.2) is 66.9 Å². The van der Waals surface area contributed by atoms with Gasteiger partial charge in [0, 0.05) is 39.6 Å². The first-order chi connectivity index (χ1) is 21.9. The highest BCUT2D eigenvalue weighted by molar-refractivity contribution is 8.66. The summed E-state index contributed by atoms with van der Waals surface area (Å²) in [5.41, 5.74) is 4.39. The topological polar surface area (TPSA) is 167 Å². The molecule has 0 fully saturated rings. The number of aromatic nitrogens is 2. The minimum absolute atomic E-state index is 0.0271. The predicted molar refractivity (Wildman–Crippen MR) is 178 cm³/mol. The van der Waals surface area contributed by atoms with Gasteiger partial charge in [0.1, 0.15) is 11.4 Å². The summed E-state index contributed by atoms with van der Waals surface area (Å²) in [6.45, 7) is 3.62. The number of para-hydroxylation sites is 2. The third-order valence-corrected chi connectivity index (χ3v) is 12.7. The van der Waals surface area contributed by atoms with Crippen molar-refractivity contribution in [3.63, 3.8) is 0 Å². The number of aromatic amines is 2. The van der Waals surface area contributed by atoms with Crippen LogP contribution in [0.25, 0.3) is 21.8 Å². The van der Waals surface area contributed by atoms with E-state index in [4.69, 9.17) is 16.3 Å². The van der Waals surface area contributed by atoms with E-state index in [9.17, 15) is 26.4 Å². The average Bonchev–Trinajstić information content (AvgIpc) is 3.59. The van der Waals surface area contributed by atoms with E-state index in [0.717, 1.165) is 22.0 Å². The second kappa shape index (κ2) is 13.6. The lowest BCUT2D eigenvalue weighted by molar-refractivity contribution is -0.120. The van der Waals surface area contributed by atoms with E-state index in [1.54, 1.807) is 35.2 Å². The Kier molecular flexibility index (Phi) is 9.75. The van der Waals surface area contributed by atoms with Gasteiger partial charge >= 0.3 is 9.06 Å². The number of benzene rings is 3. The largest absolute Gasteiger partial charge is 0.494 e. The minimum atomic E-state index is -5.15. The van der Waals surface area contributed by atoms with Gasteiger partial charge in [-0.15, -0.1) is 0 Å². The number of rotatable bonds is 13. The molecule has 0 atom stereocenters. The Balaban J connectivity index is 1.21. The molecule has 0 aliphatic carbocycles. The number of carbonyl (C=O) groups excluding carboxylic acids is 2.